The van der Waals surface area contributed by atoms with E-state index in [1.54, 1.807) is 42.5 Å². The van der Waals surface area contributed by atoms with Crippen molar-refractivity contribution in [2.75, 3.05) is 0 Å². The topological polar surface area (TPSA) is 55.1 Å². The van der Waals surface area contributed by atoms with E-state index in [1.165, 1.54) is 6.07 Å². The molecule has 0 atom stereocenters. The molecule has 0 radical (unpaired) electrons. The highest BCUT2D eigenvalue weighted by Gasteiger charge is 2.71. The van der Waals surface area contributed by atoms with Gasteiger partial charge >= 0.3 is 12.4 Å². The van der Waals surface area contributed by atoms with E-state index in [0.717, 1.165) is 22.3 Å². The van der Waals surface area contributed by atoms with E-state index >= 15 is 0 Å². The van der Waals surface area contributed by atoms with Gasteiger partial charge in [0.25, 0.3) is 11.2 Å². The molecule has 1 aromatic heterocycles. The number of benzene rings is 3. The predicted octanol–water partition coefficient (Wildman–Crippen LogP) is 6.05. The van der Waals surface area contributed by atoms with Gasteiger partial charge in [0.15, 0.2) is 0 Å². The number of halogens is 7. The first-order valence-electron chi connectivity index (χ1n) is 10.0. The Labute approximate surface area is 202 Å². The van der Waals surface area contributed by atoms with Crippen LogP contribution in [0.3, 0.4) is 0 Å². The molecule has 4 rings (SSSR count). The summed E-state index contributed by atoms with van der Waals surface area (Å²) in [7, 11) is 0. The highest BCUT2D eigenvalue weighted by atomic mass is 79.9. The number of aromatic nitrogens is 2. The Balaban J connectivity index is 1.91. The zero-order chi connectivity index (χ0) is 25.6. The molecule has 1 N–H and O–H groups in total. The third-order valence-corrected chi connectivity index (χ3v) is 5.96. The quantitative estimate of drug-likeness (QED) is 0.311. The zero-order valence-electron chi connectivity index (χ0n) is 17.5. The van der Waals surface area contributed by atoms with Crippen LogP contribution >= 0.6 is 15.9 Å². The minimum Gasteiger partial charge on any atom is -0.369 e. The molecule has 0 amide bonds. The average molecular weight is 557 g/mol. The normalized spacial score (nSPS) is 12.8. The van der Waals surface area contributed by atoms with Crippen LogP contribution in [-0.2, 0) is 12.0 Å². The van der Waals surface area contributed by atoms with Crippen LogP contribution in [0.2, 0.25) is 0 Å². The van der Waals surface area contributed by atoms with Crippen molar-refractivity contribution in [3.8, 4) is 5.69 Å². The molecule has 0 aliphatic heterocycles. The van der Waals surface area contributed by atoms with Crippen LogP contribution in [0, 0.1) is 0 Å². The minimum atomic E-state index is -6.02. The standard InChI is InChI=1S/C24H15BrF6N2O2/c25-16-8-11-19-18(13-16)21(34)33(20(32-19)12-14-4-2-1-3-5-14)17-9-6-15(7-10-17)22(35,23(26,27)28)24(29,30)31/h1-11,13,35H,12H2. The first-order valence-corrected chi connectivity index (χ1v) is 10.8. The van der Waals surface area contributed by atoms with Crippen molar-refractivity contribution in [3.63, 3.8) is 0 Å². The second-order valence-electron chi connectivity index (χ2n) is 7.75. The SMILES string of the molecule is O=c1c2cc(Br)ccc2nc(Cc2ccccc2)n1-c1ccc(C(O)(C(F)(F)F)C(F)(F)F)cc1. The lowest BCUT2D eigenvalue weighted by Gasteiger charge is -2.32. The van der Waals surface area contributed by atoms with E-state index < -0.39 is 29.1 Å². The molecular formula is C24H15BrF6N2O2. The fourth-order valence-corrected chi connectivity index (χ4v) is 4.07. The van der Waals surface area contributed by atoms with Crippen molar-refractivity contribution in [1.82, 2.24) is 9.55 Å². The van der Waals surface area contributed by atoms with E-state index in [9.17, 15) is 36.2 Å². The number of alkyl halides is 6. The van der Waals surface area contributed by atoms with Gasteiger partial charge in [0.2, 0.25) is 0 Å². The number of hydrogen-bond acceptors (Lipinski definition) is 3. The summed E-state index contributed by atoms with van der Waals surface area (Å²) in [6.07, 6.45) is -11.9. The smallest absolute Gasteiger partial charge is 0.369 e. The predicted molar refractivity (Wildman–Crippen MR) is 120 cm³/mol. The largest absolute Gasteiger partial charge is 0.430 e. The molecule has 35 heavy (non-hydrogen) atoms. The molecule has 4 aromatic rings. The summed E-state index contributed by atoms with van der Waals surface area (Å²) in [5, 5.41) is 9.85. The molecule has 0 saturated carbocycles. The number of nitrogens with zero attached hydrogens (tertiary/aromatic N) is 2. The van der Waals surface area contributed by atoms with E-state index in [2.05, 4.69) is 20.9 Å². The van der Waals surface area contributed by atoms with Crippen molar-refractivity contribution in [2.45, 2.75) is 24.4 Å². The summed E-state index contributed by atoms with van der Waals surface area (Å²) in [5.41, 5.74) is -5.90. The van der Waals surface area contributed by atoms with Gasteiger partial charge in [-0.05, 0) is 35.9 Å². The van der Waals surface area contributed by atoms with E-state index in [0.29, 0.717) is 22.1 Å². The fraction of sp³-hybridized carbons (Fsp3) is 0.167. The van der Waals surface area contributed by atoms with Gasteiger partial charge in [-0.25, -0.2) is 4.98 Å². The summed E-state index contributed by atoms with van der Waals surface area (Å²) in [6.45, 7) is 0. The number of aliphatic hydroxyl groups is 1. The Morgan fingerprint density at radius 1 is 0.857 bits per heavy atom. The molecule has 0 spiro atoms. The monoisotopic (exact) mass is 556 g/mol. The van der Waals surface area contributed by atoms with Crippen molar-refractivity contribution in [3.05, 3.63) is 105 Å². The summed E-state index contributed by atoms with van der Waals surface area (Å²) >= 11 is 3.27. The summed E-state index contributed by atoms with van der Waals surface area (Å²) in [6, 6.07) is 16.6. The molecule has 0 aliphatic carbocycles. The van der Waals surface area contributed by atoms with Gasteiger partial charge < -0.3 is 5.11 Å². The Morgan fingerprint density at radius 3 is 2.03 bits per heavy atom. The number of fused-ring (bicyclic) bond motifs is 1. The van der Waals surface area contributed by atoms with Crippen LogP contribution in [0.1, 0.15) is 17.0 Å². The van der Waals surface area contributed by atoms with Crippen LogP contribution in [0.5, 0.6) is 0 Å². The third kappa shape index (κ3) is 4.45. The second kappa shape index (κ2) is 8.80. The maximum absolute atomic E-state index is 13.4. The van der Waals surface area contributed by atoms with Crippen LogP contribution in [0.15, 0.2) is 82.1 Å². The van der Waals surface area contributed by atoms with Crippen molar-refractivity contribution in [2.24, 2.45) is 0 Å². The van der Waals surface area contributed by atoms with E-state index in [1.807, 2.05) is 0 Å². The van der Waals surface area contributed by atoms with Gasteiger partial charge in [-0.1, -0.05) is 58.4 Å². The minimum absolute atomic E-state index is 0.00856. The van der Waals surface area contributed by atoms with Gasteiger partial charge in [0.05, 0.1) is 16.6 Å². The van der Waals surface area contributed by atoms with Crippen molar-refractivity contribution in [1.29, 1.82) is 0 Å². The van der Waals surface area contributed by atoms with Gasteiger partial charge in [-0.15, -0.1) is 0 Å². The fourth-order valence-electron chi connectivity index (χ4n) is 3.71. The summed E-state index contributed by atoms with van der Waals surface area (Å²) in [4.78, 5) is 17.9. The maximum Gasteiger partial charge on any atom is 0.430 e. The highest BCUT2D eigenvalue weighted by molar-refractivity contribution is 9.10. The van der Waals surface area contributed by atoms with Crippen LogP contribution < -0.4 is 5.56 Å². The molecule has 0 fully saturated rings. The van der Waals surface area contributed by atoms with Crippen molar-refractivity contribution < 1.29 is 31.4 Å². The molecule has 182 valence electrons. The van der Waals surface area contributed by atoms with Crippen LogP contribution in [0.25, 0.3) is 16.6 Å². The van der Waals surface area contributed by atoms with Gasteiger partial charge in [-0.3, -0.25) is 9.36 Å². The Hall–Kier alpha value is -3.18. The summed E-state index contributed by atoms with van der Waals surface area (Å²) in [5.74, 6) is 0.227. The number of hydrogen-bond donors (Lipinski definition) is 1. The molecule has 0 aliphatic rings. The molecule has 3 aromatic carbocycles. The summed E-state index contributed by atoms with van der Waals surface area (Å²) < 4.78 is 81.2. The highest BCUT2D eigenvalue weighted by Crippen LogP contribution is 2.50. The molecule has 11 heteroatoms. The first-order chi connectivity index (χ1) is 16.3. The van der Waals surface area contributed by atoms with E-state index in [4.69, 9.17) is 0 Å². The van der Waals surface area contributed by atoms with Gasteiger partial charge in [0, 0.05) is 16.5 Å². The lowest BCUT2D eigenvalue weighted by Crippen LogP contribution is -2.53. The lowest BCUT2D eigenvalue weighted by atomic mass is 9.92. The second-order valence-corrected chi connectivity index (χ2v) is 8.66. The lowest BCUT2D eigenvalue weighted by molar-refractivity contribution is -0.376. The Kier molecular flexibility index (Phi) is 6.26. The third-order valence-electron chi connectivity index (χ3n) is 5.47. The maximum atomic E-state index is 13.4. The van der Waals surface area contributed by atoms with E-state index in [-0.39, 0.29) is 23.3 Å². The van der Waals surface area contributed by atoms with Crippen LogP contribution in [0.4, 0.5) is 26.3 Å². The Morgan fingerprint density at radius 2 is 1.46 bits per heavy atom. The van der Waals surface area contributed by atoms with Gasteiger partial charge in [0.1, 0.15) is 5.82 Å². The first kappa shape index (κ1) is 24.9. The zero-order valence-corrected chi connectivity index (χ0v) is 19.1. The molecule has 0 unspecified atom stereocenters. The van der Waals surface area contributed by atoms with Gasteiger partial charge in [-0.2, -0.15) is 26.3 Å². The molecule has 0 saturated heterocycles. The molecular weight excluding hydrogens is 542 g/mol. The molecule has 1 heterocycles. The van der Waals surface area contributed by atoms with Crippen LogP contribution in [-0.4, -0.2) is 27.0 Å². The average Bonchev–Trinajstić information content (AvgIpc) is 2.79. The van der Waals surface area contributed by atoms with Crippen molar-refractivity contribution >= 4 is 26.8 Å². The Bertz CT molecular complexity index is 1420. The number of rotatable bonds is 4. The molecule has 4 nitrogen and oxygen atoms in total. The molecule has 0 bridgehead atoms.